The first-order valence-corrected chi connectivity index (χ1v) is 7.78. The molecule has 0 saturated heterocycles. The predicted molar refractivity (Wildman–Crippen MR) is 90.2 cm³/mol. The van der Waals surface area contributed by atoms with Crippen LogP contribution in [0.4, 0.5) is 0 Å². The number of hydrogen-bond acceptors (Lipinski definition) is 3. The van der Waals surface area contributed by atoms with E-state index in [1.54, 1.807) is 0 Å². The molecule has 4 nitrogen and oxygen atoms in total. The lowest BCUT2D eigenvalue weighted by atomic mass is 9.88. The van der Waals surface area contributed by atoms with Crippen molar-refractivity contribution in [3.8, 4) is 6.01 Å². The van der Waals surface area contributed by atoms with Crippen LogP contribution in [0.15, 0.2) is 54.6 Å². The van der Waals surface area contributed by atoms with Crippen molar-refractivity contribution in [2.75, 3.05) is 6.61 Å². The Morgan fingerprint density at radius 3 is 2.61 bits per heavy atom. The summed E-state index contributed by atoms with van der Waals surface area (Å²) in [6, 6.07) is 19.3. The van der Waals surface area contributed by atoms with Gasteiger partial charge in [-0.05, 0) is 29.7 Å². The van der Waals surface area contributed by atoms with Crippen LogP contribution in [-0.4, -0.2) is 21.4 Å². The van der Waals surface area contributed by atoms with Gasteiger partial charge < -0.3 is 4.74 Å². The Bertz CT molecular complexity index is 852. The number of benzene rings is 2. The van der Waals surface area contributed by atoms with Crippen LogP contribution in [0, 0.1) is 0 Å². The fourth-order valence-corrected chi connectivity index (χ4v) is 3.05. The van der Waals surface area contributed by atoms with Crippen molar-refractivity contribution in [1.82, 2.24) is 14.8 Å². The monoisotopic (exact) mass is 303 g/mol. The molecule has 0 fully saturated rings. The fraction of sp³-hybridized carbons (Fsp3) is 0.158. The van der Waals surface area contributed by atoms with Gasteiger partial charge in [0.25, 0.3) is 0 Å². The fourth-order valence-electron chi connectivity index (χ4n) is 3.05. The summed E-state index contributed by atoms with van der Waals surface area (Å²) in [6.45, 7) is 2.51. The molecule has 4 heteroatoms. The van der Waals surface area contributed by atoms with E-state index in [0.717, 1.165) is 5.82 Å². The van der Waals surface area contributed by atoms with E-state index >= 15 is 0 Å². The maximum Gasteiger partial charge on any atom is 0.321 e. The summed E-state index contributed by atoms with van der Waals surface area (Å²) in [4.78, 5) is 0. The SMILES string of the molecule is CCOc1nnc2n1C=Cc1ccccc1C2c1ccccc1. The summed E-state index contributed by atoms with van der Waals surface area (Å²) in [5.74, 6) is 0.907. The Morgan fingerprint density at radius 2 is 1.78 bits per heavy atom. The molecule has 1 aliphatic rings. The zero-order valence-electron chi connectivity index (χ0n) is 12.9. The number of nitrogens with zero attached hydrogens (tertiary/aromatic N) is 3. The normalized spacial score (nSPS) is 15.6. The highest BCUT2D eigenvalue weighted by Gasteiger charge is 2.27. The molecule has 0 bridgehead atoms. The van der Waals surface area contributed by atoms with Gasteiger partial charge in [0, 0.05) is 6.20 Å². The second-order valence-corrected chi connectivity index (χ2v) is 5.43. The molecule has 0 radical (unpaired) electrons. The van der Waals surface area contributed by atoms with Gasteiger partial charge in [-0.15, -0.1) is 5.10 Å². The molecule has 2 aromatic carbocycles. The van der Waals surface area contributed by atoms with Gasteiger partial charge in [0.1, 0.15) is 0 Å². The van der Waals surface area contributed by atoms with Gasteiger partial charge in [-0.1, -0.05) is 59.7 Å². The predicted octanol–water partition coefficient (Wildman–Crippen LogP) is 3.80. The average molecular weight is 303 g/mol. The third-order valence-electron chi connectivity index (χ3n) is 4.07. The molecule has 1 atom stereocenters. The minimum atomic E-state index is 0.0316. The van der Waals surface area contributed by atoms with Crippen LogP contribution in [0.25, 0.3) is 12.3 Å². The van der Waals surface area contributed by atoms with Crippen molar-refractivity contribution >= 4 is 12.3 Å². The van der Waals surface area contributed by atoms with Crippen LogP contribution in [-0.2, 0) is 0 Å². The molecule has 0 amide bonds. The first-order valence-electron chi connectivity index (χ1n) is 7.78. The first kappa shape index (κ1) is 13.8. The molecule has 4 rings (SSSR count). The van der Waals surface area contributed by atoms with E-state index in [4.69, 9.17) is 4.74 Å². The maximum atomic E-state index is 5.62. The van der Waals surface area contributed by atoms with Gasteiger partial charge in [0.2, 0.25) is 0 Å². The van der Waals surface area contributed by atoms with Gasteiger partial charge in [-0.25, -0.2) is 0 Å². The third kappa shape index (κ3) is 2.32. The lowest BCUT2D eigenvalue weighted by Gasteiger charge is -2.17. The second-order valence-electron chi connectivity index (χ2n) is 5.43. The maximum absolute atomic E-state index is 5.62. The summed E-state index contributed by atoms with van der Waals surface area (Å²) in [5, 5.41) is 8.65. The van der Waals surface area contributed by atoms with Crippen LogP contribution in [0.1, 0.15) is 35.4 Å². The van der Waals surface area contributed by atoms with Crippen molar-refractivity contribution in [2.45, 2.75) is 12.8 Å². The Morgan fingerprint density at radius 1 is 1.00 bits per heavy atom. The molecule has 0 saturated carbocycles. The zero-order valence-corrected chi connectivity index (χ0v) is 12.9. The lowest BCUT2D eigenvalue weighted by Crippen LogP contribution is -2.09. The van der Waals surface area contributed by atoms with Gasteiger partial charge >= 0.3 is 6.01 Å². The summed E-state index contributed by atoms with van der Waals surface area (Å²) in [7, 11) is 0. The van der Waals surface area contributed by atoms with E-state index in [2.05, 4.69) is 64.8 Å². The standard InChI is InChI=1S/C19H17N3O/c1-2-23-19-21-20-18-17(15-9-4-3-5-10-15)16-11-7-6-8-14(16)12-13-22(18)19/h3-13,17H,2H2,1H3. The number of aromatic nitrogens is 3. The van der Waals surface area contributed by atoms with Gasteiger partial charge in [-0.3, -0.25) is 4.57 Å². The van der Waals surface area contributed by atoms with E-state index in [1.165, 1.54) is 16.7 Å². The zero-order chi connectivity index (χ0) is 15.6. The molecule has 114 valence electrons. The minimum absolute atomic E-state index is 0.0316. The molecule has 0 N–H and O–H groups in total. The minimum Gasteiger partial charge on any atom is -0.464 e. The van der Waals surface area contributed by atoms with Gasteiger partial charge in [-0.2, -0.15) is 0 Å². The van der Waals surface area contributed by atoms with Crippen molar-refractivity contribution < 1.29 is 4.74 Å². The molecular formula is C19H17N3O. The van der Waals surface area contributed by atoms with Crippen LogP contribution in [0.2, 0.25) is 0 Å². The molecular weight excluding hydrogens is 286 g/mol. The van der Waals surface area contributed by atoms with E-state index in [1.807, 2.05) is 23.8 Å². The van der Waals surface area contributed by atoms with Gasteiger partial charge in [0.15, 0.2) is 5.82 Å². The summed E-state index contributed by atoms with van der Waals surface area (Å²) in [6.07, 6.45) is 4.08. The Labute approximate surface area is 135 Å². The van der Waals surface area contributed by atoms with E-state index < -0.39 is 0 Å². The van der Waals surface area contributed by atoms with E-state index in [0.29, 0.717) is 12.6 Å². The number of ether oxygens (including phenoxy) is 1. The van der Waals surface area contributed by atoms with Crippen molar-refractivity contribution in [2.24, 2.45) is 0 Å². The summed E-state index contributed by atoms with van der Waals surface area (Å²) >= 11 is 0. The molecule has 3 aromatic rings. The summed E-state index contributed by atoms with van der Waals surface area (Å²) in [5.41, 5.74) is 3.61. The molecule has 2 heterocycles. The number of hydrogen-bond donors (Lipinski definition) is 0. The molecule has 0 aliphatic carbocycles. The lowest BCUT2D eigenvalue weighted by molar-refractivity contribution is 0.307. The highest BCUT2D eigenvalue weighted by molar-refractivity contribution is 5.68. The largest absolute Gasteiger partial charge is 0.464 e. The summed E-state index contributed by atoms with van der Waals surface area (Å²) < 4.78 is 7.57. The van der Waals surface area contributed by atoms with E-state index in [-0.39, 0.29) is 5.92 Å². The average Bonchev–Trinajstić information content (AvgIpc) is 2.90. The Balaban J connectivity index is 1.96. The van der Waals surface area contributed by atoms with Gasteiger partial charge in [0.05, 0.1) is 12.5 Å². The van der Waals surface area contributed by atoms with Crippen molar-refractivity contribution in [3.63, 3.8) is 0 Å². The smallest absolute Gasteiger partial charge is 0.321 e. The highest BCUT2D eigenvalue weighted by Crippen LogP contribution is 2.36. The Hall–Kier alpha value is -2.88. The highest BCUT2D eigenvalue weighted by atomic mass is 16.5. The number of rotatable bonds is 3. The molecule has 0 spiro atoms. The Kier molecular flexibility index (Phi) is 3.42. The molecule has 1 unspecified atom stereocenters. The topological polar surface area (TPSA) is 39.9 Å². The van der Waals surface area contributed by atoms with E-state index in [9.17, 15) is 0 Å². The molecule has 1 aromatic heterocycles. The van der Waals surface area contributed by atoms with Crippen LogP contribution in [0.5, 0.6) is 6.01 Å². The van der Waals surface area contributed by atoms with Crippen LogP contribution >= 0.6 is 0 Å². The quantitative estimate of drug-likeness (QED) is 0.578. The number of fused-ring (bicyclic) bond motifs is 2. The third-order valence-corrected chi connectivity index (χ3v) is 4.07. The van der Waals surface area contributed by atoms with Crippen LogP contribution < -0.4 is 4.74 Å². The molecule has 23 heavy (non-hydrogen) atoms. The van der Waals surface area contributed by atoms with Crippen molar-refractivity contribution in [1.29, 1.82) is 0 Å². The van der Waals surface area contributed by atoms with Crippen LogP contribution in [0.3, 0.4) is 0 Å². The van der Waals surface area contributed by atoms with Crippen molar-refractivity contribution in [3.05, 3.63) is 77.1 Å². The molecule has 1 aliphatic heterocycles. The second kappa shape index (κ2) is 5.72. The first-order chi connectivity index (χ1) is 11.4.